The van der Waals surface area contributed by atoms with E-state index < -0.39 is 4.92 Å². The van der Waals surface area contributed by atoms with Crippen molar-refractivity contribution in [2.45, 2.75) is 6.92 Å². The lowest BCUT2D eigenvalue weighted by atomic mass is 10.1. The number of rotatable bonds is 7. The van der Waals surface area contributed by atoms with Crippen LogP contribution < -0.4 is 5.32 Å². The monoisotopic (exact) mass is 286 g/mol. The van der Waals surface area contributed by atoms with E-state index in [-0.39, 0.29) is 11.6 Å². The second kappa shape index (κ2) is 7.70. The molecule has 1 aromatic rings. The lowest BCUT2D eigenvalue weighted by Crippen LogP contribution is -2.28. The van der Waals surface area contributed by atoms with Crippen LogP contribution >= 0.6 is 11.6 Å². The number of hydrogen-bond acceptors (Lipinski definition) is 4. The van der Waals surface area contributed by atoms with Crippen LogP contribution in [-0.2, 0) is 4.74 Å². The number of hydrogen-bond donors (Lipinski definition) is 1. The van der Waals surface area contributed by atoms with Crippen molar-refractivity contribution in [2.24, 2.45) is 0 Å². The molecule has 1 aromatic carbocycles. The zero-order valence-electron chi connectivity index (χ0n) is 10.5. The number of nitro benzene ring substituents is 1. The maximum atomic E-state index is 11.9. The summed E-state index contributed by atoms with van der Waals surface area (Å²) in [5, 5.41) is 13.4. The van der Waals surface area contributed by atoms with E-state index in [1.807, 2.05) is 0 Å². The van der Waals surface area contributed by atoms with Crippen LogP contribution in [0, 0.1) is 17.0 Å². The van der Waals surface area contributed by atoms with Gasteiger partial charge in [-0.25, -0.2) is 0 Å². The van der Waals surface area contributed by atoms with Crippen molar-refractivity contribution in [1.29, 1.82) is 0 Å². The van der Waals surface area contributed by atoms with E-state index in [9.17, 15) is 14.9 Å². The number of carbonyl (C=O) groups excluding carboxylic acids is 1. The van der Waals surface area contributed by atoms with Crippen LogP contribution in [-0.4, -0.2) is 36.5 Å². The van der Waals surface area contributed by atoms with Crippen LogP contribution in [0.5, 0.6) is 0 Å². The molecule has 0 atom stereocenters. The Morgan fingerprint density at radius 3 is 2.84 bits per heavy atom. The Kier molecular flexibility index (Phi) is 6.24. The predicted octanol–water partition coefficient (Wildman–Crippen LogP) is 1.89. The van der Waals surface area contributed by atoms with Crippen molar-refractivity contribution in [3.05, 3.63) is 39.4 Å². The van der Waals surface area contributed by atoms with Crippen molar-refractivity contribution in [3.63, 3.8) is 0 Å². The van der Waals surface area contributed by atoms with Gasteiger partial charge in [-0.1, -0.05) is 6.07 Å². The van der Waals surface area contributed by atoms with Gasteiger partial charge < -0.3 is 10.1 Å². The fourth-order valence-corrected chi connectivity index (χ4v) is 1.66. The minimum absolute atomic E-state index is 0.0639. The molecule has 0 aromatic heterocycles. The van der Waals surface area contributed by atoms with Crippen molar-refractivity contribution < 1.29 is 14.5 Å². The van der Waals surface area contributed by atoms with E-state index in [0.717, 1.165) is 0 Å². The van der Waals surface area contributed by atoms with E-state index >= 15 is 0 Å². The number of halogens is 1. The third-order valence-electron chi connectivity index (χ3n) is 2.50. The summed E-state index contributed by atoms with van der Waals surface area (Å²) in [6, 6.07) is 4.41. The second-order valence-corrected chi connectivity index (χ2v) is 4.14. The van der Waals surface area contributed by atoms with Crippen LogP contribution in [0.1, 0.15) is 15.9 Å². The lowest BCUT2D eigenvalue weighted by Gasteiger charge is -2.08. The fourth-order valence-electron chi connectivity index (χ4n) is 1.56. The van der Waals surface area contributed by atoms with Crippen LogP contribution in [0.4, 0.5) is 5.69 Å². The summed E-state index contributed by atoms with van der Waals surface area (Å²) in [5.41, 5.74) is 0.587. The van der Waals surface area contributed by atoms with Gasteiger partial charge in [0.2, 0.25) is 0 Å². The molecule has 0 bridgehead atoms. The molecule has 0 aliphatic rings. The smallest absolute Gasteiger partial charge is 0.273 e. The average molecular weight is 287 g/mol. The summed E-state index contributed by atoms with van der Waals surface area (Å²) in [5.74, 6) is 0.0495. The van der Waals surface area contributed by atoms with E-state index in [1.165, 1.54) is 12.1 Å². The van der Waals surface area contributed by atoms with Gasteiger partial charge in [0.05, 0.1) is 18.1 Å². The zero-order valence-corrected chi connectivity index (χ0v) is 11.3. The Labute approximate surface area is 115 Å². The predicted molar refractivity (Wildman–Crippen MR) is 71.7 cm³/mol. The average Bonchev–Trinajstić information content (AvgIpc) is 2.38. The third kappa shape index (κ3) is 4.50. The molecule has 0 heterocycles. The van der Waals surface area contributed by atoms with Gasteiger partial charge in [-0.15, -0.1) is 11.6 Å². The Morgan fingerprint density at radius 2 is 2.21 bits per heavy atom. The van der Waals surface area contributed by atoms with Crippen molar-refractivity contribution >= 4 is 23.2 Å². The lowest BCUT2D eigenvalue weighted by molar-refractivity contribution is -0.385. The van der Waals surface area contributed by atoms with E-state index in [0.29, 0.717) is 36.8 Å². The van der Waals surface area contributed by atoms with Crippen LogP contribution in [0.2, 0.25) is 0 Å². The highest BCUT2D eigenvalue weighted by atomic mass is 35.5. The maximum Gasteiger partial charge on any atom is 0.273 e. The van der Waals surface area contributed by atoms with Gasteiger partial charge in [0, 0.05) is 29.6 Å². The molecule has 1 N–H and O–H groups in total. The van der Waals surface area contributed by atoms with Gasteiger partial charge >= 0.3 is 0 Å². The summed E-state index contributed by atoms with van der Waals surface area (Å²) in [6.45, 7) is 2.66. The van der Waals surface area contributed by atoms with Gasteiger partial charge in [-0.05, 0) is 13.0 Å². The Bertz CT molecular complexity index is 465. The number of amides is 1. The number of ether oxygens (including phenoxy) is 1. The summed E-state index contributed by atoms with van der Waals surface area (Å²) in [7, 11) is 0. The summed E-state index contributed by atoms with van der Waals surface area (Å²) in [6.07, 6.45) is 0. The molecular weight excluding hydrogens is 272 g/mol. The molecule has 0 saturated carbocycles. The summed E-state index contributed by atoms with van der Waals surface area (Å²) in [4.78, 5) is 22.1. The number of nitrogens with zero attached hydrogens (tertiary/aromatic N) is 1. The summed E-state index contributed by atoms with van der Waals surface area (Å²) < 4.78 is 5.11. The first kappa shape index (κ1) is 15.4. The third-order valence-corrected chi connectivity index (χ3v) is 2.65. The van der Waals surface area contributed by atoms with E-state index in [4.69, 9.17) is 16.3 Å². The highest BCUT2D eigenvalue weighted by Crippen LogP contribution is 2.20. The molecule has 0 saturated heterocycles. The number of nitro groups is 1. The highest BCUT2D eigenvalue weighted by molar-refractivity contribution is 6.17. The van der Waals surface area contributed by atoms with Crippen LogP contribution in [0.25, 0.3) is 0 Å². The van der Waals surface area contributed by atoms with Gasteiger partial charge in [-0.2, -0.15) is 0 Å². The van der Waals surface area contributed by atoms with Gasteiger partial charge in [0.15, 0.2) is 0 Å². The largest absolute Gasteiger partial charge is 0.378 e. The molecule has 0 fully saturated rings. The van der Waals surface area contributed by atoms with Gasteiger partial charge in [0.1, 0.15) is 0 Å². The normalized spacial score (nSPS) is 10.2. The fraction of sp³-hybridized carbons (Fsp3) is 0.417. The van der Waals surface area contributed by atoms with Crippen molar-refractivity contribution in [3.8, 4) is 0 Å². The van der Waals surface area contributed by atoms with Crippen LogP contribution in [0.15, 0.2) is 18.2 Å². The minimum atomic E-state index is -0.504. The van der Waals surface area contributed by atoms with Crippen molar-refractivity contribution in [2.75, 3.05) is 25.6 Å². The second-order valence-electron chi connectivity index (χ2n) is 3.76. The topological polar surface area (TPSA) is 81.5 Å². The molecule has 19 heavy (non-hydrogen) atoms. The number of carbonyl (C=O) groups is 1. The van der Waals surface area contributed by atoms with Gasteiger partial charge in [0.25, 0.3) is 11.6 Å². The number of benzene rings is 1. The molecule has 0 aliphatic carbocycles. The Balaban J connectivity index is 2.62. The first-order valence-corrected chi connectivity index (χ1v) is 6.27. The standard InChI is InChI=1S/C12H15ClN2O4/c1-9-10(3-2-4-11(9)15(17)18)12(16)14-6-8-19-7-5-13/h2-4H,5-8H2,1H3,(H,14,16). The molecule has 0 spiro atoms. The summed E-state index contributed by atoms with van der Waals surface area (Å²) >= 11 is 5.43. The molecule has 0 unspecified atom stereocenters. The van der Waals surface area contributed by atoms with Crippen molar-refractivity contribution in [1.82, 2.24) is 5.32 Å². The molecule has 6 nitrogen and oxygen atoms in total. The quantitative estimate of drug-likeness (QED) is 0.359. The number of nitrogens with one attached hydrogen (secondary N) is 1. The zero-order chi connectivity index (χ0) is 14.3. The highest BCUT2D eigenvalue weighted by Gasteiger charge is 2.17. The maximum absolute atomic E-state index is 11.9. The Hall–Kier alpha value is -1.66. The molecule has 0 aliphatic heterocycles. The first-order chi connectivity index (χ1) is 9.07. The molecular formula is C12H15ClN2O4. The first-order valence-electron chi connectivity index (χ1n) is 5.74. The molecule has 1 rings (SSSR count). The molecule has 0 radical (unpaired) electrons. The molecule has 7 heteroatoms. The molecule has 1 amide bonds. The Morgan fingerprint density at radius 1 is 1.47 bits per heavy atom. The van der Waals surface area contributed by atoms with Crippen LogP contribution in [0.3, 0.4) is 0 Å². The van der Waals surface area contributed by atoms with E-state index in [1.54, 1.807) is 13.0 Å². The SMILES string of the molecule is Cc1c(C(=O)NCCOCCCl)cccc1[N+](=O)[O-]. The van der Waals surface area contributed by atoms with E-state index in [2.05, 4.69) is 5.32 Å². The minimum Gasteiger partial charge on any atom is -0.378 e. The number of alkyl halides is 1. The van der Waals surface area contributed by atoms with Gasteiger partial charge in [-0.3, -0.25) is 14.9 Å². The molecule has 104 valence electrons.